The minimum Gasteiger partial charge on any atom is -0.350 e. The van der Waals surface area contributed by atoms with Crippen LogP contribution in [-0.2, 0) is 0 Å². The fraction of sp³-hybridized carbons (Fsp3) is 0.400. The highest BCUT2D eigenvalue weighted by atomic mass is 32.1. The van der Waals surface area contributed by atoms with E-state index in [1.807, 2.05) is 48.0 Å². The number of carbonyl (C=O) groups is 1. The number of nitrogens with one attached hydrogen (secondary N) is 1. The van der Waals surface area contributed by atoms with Crippen LogP contribution in [0.25, 0.3) is 15.9 Å². The van der Waals surface area contributed by atoms with Crippen LogP contribution in [0.1, 0.15) is 35.1 Å². The summed E-state index contributed by atoms with van der Waals surface area (Å²) in [6.45, 7) is 7.10. The van der Waals surface area contributed by atoms with Gasteiger partial charge in [-0.1, -0.05) is 25.1 Å². The summed E-state index contributed by atoms with van der Waals surface area (Å²) in [5, 5.41) is 8.83. The smallest absolute Gasteiger partial charge is 0.261 e. The molecule has 0 saturated carbocycles. The number of aryl methyl sites for hydroxylation is 1. The van der Waals surface area contributed by atoms with E-state index in [1.165, 1.54) is 24.2 Å². The van der Waals surface area contributed by atoms with Crippen molar-refractivity contribution in [2.45, 2.75) is 32.7 Å². The first kappa shape index (κ1) is 17.2. The zero-order chi connectivity index (χ0) is 18.1. The second-order valence-electron chi connectivity index (χ2n) is 6.80. The van der Waals surface area contributed by atoms with Crippen LogP contribution < -0.4 is 5.32 Å². The molecule has 0 radical (unpaired) electrons. The molecule has 1 fully saturated rings. The van der Waals surface area contributed by atoms with Gasteiger partial charge in [0.15, 0.2) is 0 Å². The number of nitrogens with zero attached hydrogens (tertiary/aromatic N) is 3. The molecule has 1 aliphatic rings. The molecule has 0 spiro atoms. The topological polar surface area (TPSA) is 50.2 Å². The second kappa shape index (κ2) is 7.21. The maximum Gasteiger partial charge on any atom is 0.261 e. The van der Waals surface area contributed by atoms with Crippen molar-refractivity contribution in [1.29, 1.82) is 0 Å². The molecule has 3 aromatic rings. The number of rotatable bonds is 5. The molecule has 4 rings (SSSR count). The molecule has 5 nitrogen and oxygen atoms in total. The van der Waals surface area contributed by atoms with E-state index in [0.717, 1.165) is 46.1 Å². The van der Waals surface area contributed by atoms with Crippen molar-refractivity contribution in [2.24, 2.45) is 0 Å². The first-order chi connectivity index (χ1) is 12.7. The van der Waals surface area contributed by atoms with Crippen molar-refractivity contribution in [1.82, 2.24) is 20.0 Å². The average molecular weight is 369 g/mol. The number of fused-ring (bicyclic) bond motifs is 1. The van der Waals surface area contributed by atoms with Crippen LogP contribution in [0.3, 0.4) is 0 Å². The molecule has 2 aromatic heterocycles. The minimum atomic E-state index is 0.0214. The van der Waals surface area contributed by atoms with E-state index in [1.54, 1.807) is 0 Å². The standard InChI is InChI=1S/C20H24N4OS/c1-3-23-11-7-10-16(23)13-21-19(25)18-12-17-14(2)22-24(20(17)26-18)15-8-5-4-6-9-15/h4-6,8-9,12,16H,3,7,10-11,13H2,1-2H3,(H,21,25)/t16-/m0/s1. The third-order valence-corrected chi connectivity index (χ3v) is 6.28. The third-order valence-electron chi connectivity index (χ3n) is 5.17. The van der Waals surface area contributed by atoms with E-state index in [0.29, 0.717) is 6.04 Å². The Labute approximate surface area is 157 Å². The molecule has 0 bridgehead atoms. The molecule has 3 heterocycles. The van der Waals surface area contributed by atoms with Gasteiger partial charge in [0.05, 0.1) is 16.3 Å². The van der Waals surface area contributed by atoms with Crippen LogP contribution in [0.4, 0.5) is 0 Å². The van der Waals surface area contributed by atoms with Gasteiger partial charge in [-0.05, 0) is 51.1 Å². The number of likely N-dealkylation sites (tertiary alicyclic amines) is 1. The van der Waals surface area contributed by atoms with E-state index in [9.17, 15) is 4.79 Å². The Kier molecular flexibility index (Phi) is 4.78. The van der Waals surface area contributed by atoms with Crippen LogP contribution in [0, 0.1) is 6.92 Å². The number of thiophene rings is 1. The quantitative estimate of drug-likeness (QED) is 0.748. The van der Waals surface area contributed by atoms with Crippen LogP contribution in [-0.4, -0.2) is 46.3 Å². The summed E-state index contributed by atoms with van der Waals surface area (Å²) in [5.41, 5.74) is 1.97. The molecule has 1 atom stereocenters. The largest absolute Gasteiger partial charge is 0.350 e. The molecule has 1 aromatic carbocycles. The van der Waals surface area contributed by atoms with E-state index < -0.39 is 0 Å². The van der Waals surface area contributed by atoms with Crippen LogP contribution >= 0.6 is 11.3 Å². The monoisotopic (exact) mass is 368 g/mol. The van der Waals surface area contributed by atoms with Gasteiger partial charge in [0.1, 0.15) is 4.83 Å². The number of benzene rings is 1. The normalized spacial score (nSPS) is 17.8. The van der Waals surface area contributed by atoms with Crippen molar-refractivity contribution < 1.29 is 4.79 Å². The maximum atomic E-state index is 12.7. The first-order valence-corrected chi connectivity index (χ1v) is 10.1. The highest BCUT2D eigenvalue weighted by molar-refractivity contribution is 7.20. The summed E-state index contributed by atoms with van der Waals surface area (Å²) in [7, 11) is 0. The van der Waals surface area contributed by atoms with E-state index in [-0.39, 0.29) is 5.91 Å². The Morgan fingerprint density at radius 3 is 2.92 bits per heavy atom. The van der Waals surface area contributed by atoms with Gasteiger partial charge in [0, 0.05) is 18.0 Å². The predicted molar refractivity (Wildman–Crippen MR) is 106 cm³/mol. The molecule has 26 heavy (non-hydrogen) atoms. The Hall–Kier alpha value is -2.18. The number of likely N-dealkylation sites (N-methyl/N-ethyl adjacent to an activating group) is 1. The van der Waals surface area contributed by atoms with Gasteiger partial charge in [-0.2, -0.15) is 5.10 Å². The zero-order valence-corrected chi connectivity index (χ0v) is 16.1. The number of amides is 1. The van der Waals surface area contributed by atoms with Crippen LogP contribution in [0.2, 0.25) is 0 Å². The number of carbonyl (C=O) groups excluding carboxylic acids is 1. The van der Waals surface area contributed by atoms with Crippen LogP contribution in [0.5, 0.6) is 0 Å². The summed E-state index contributed by atoms with van der Waals surface area (Å²) in [5.74, 6) is 0.0214. The lowest BCUT2D eigenvalue weighted by atomic mass is 10.2. The zero-order valence-electron chi connectivity index (χ0n) is 15.2. The van der Waals surface area contributed by atoms with Gasteiger partial charge in [-0.3, -0.25) is 9.69 Å². The highest BCUT2D eigenvalue weighted by Gasteiger charge is 2.24. The fourth-order valence-corrected chi connectivity index (χ4v) is 4.84. The molecule has 0 unspecified atom stereocenters. The third kappa shape index (κ3) is 3.15. The first-order valence-electron chi connectivity index (χ1n) is 9.24. The van der Waals surface area contributed by atoms with E-state index in [4.69, 9.17) is 0 Å². The summed E-state index contributed by atoms with van der Waals surface area (Å²) in [4.78, 5) is 16.9. The molecule has 1 aliphatic heterocycles. The summed E-state index contributed by atoms with van der Waals surface area (Å²) >= 11 is 1.51. The minimum absolute atomic E-state index is 0.0214. The number of hydrogen-bond acceptors (Lipinski definition) is 4. The Bertz CT molecular complexity index is 915. The summed E-state index contributed by atoms with van der Waals surface area (Å²) in [6, 6.07) is 12.5. The van der Waals surface area contributed by atoms with Gasteiger partial charge in [0.2, 0.25) is 0 Å². The molecular formula is C20H24N4OS. The van der Waals surface area contributed by atoms with Crippen molar-refractivity contribution in [2.75, 3.05) is 19.6 Å². The lowest BCUT2D eigenvalue weighted by molar-refractivity contribution is 0.0945. The molecule has 0 aliphatic carbocycles. The molecule has 1 saturated heterocycles. The fourth-order valence-electron chi connectivity index (χ4n) is 3.74. The van der Waals surface area contributed by atoms with Crippen molar-refractivity contribution in [3.63, 3.8) is 0 Å². The molecular weight excluding hydrogens is 344 g/mol. The second-order valence-corrected chi connectivity index (χ2v) is 7.83. The van der Waals surface area contributed by atoms with Crippen molar-refractivity contribution >= 4 is 27.5 Å². The van der Waals surface area contributed by atoms with Gasteiger partial charge < -0.3 is 5.32 Å². The summed E-state index contributed by atoms with van der Waals surface area (Å²) in [6.07, 6.45) is 2.39. The average Bonchev–Trinajstić information content (AvgIpc) is 3.36. The lowest BCUT2D eigenvalue weighted by Crippen LogP contribution is -2.39. The van der Waals surface area contributed by atoms with Gasteiger partial charge in [-0.25, -0.2) is 4.68 Å². The number of para-hydroxylation sites is 1. The van der Waals surface area contributed by atoms with E-state index in [2.05, 4.69) is 22.2 Å². The van der Waals surface area contributed by atoms with Gasteiger partial charge >= 0.3 is 0 Å². The molecule has 1 N–H and O–H groups in total. The van der Waals surface area contributed by atoms with Gasteiger partial charge in [-0.15, -0.1) is 11.3 Å². The Morgan fingerprint density at radius 2 is 2.15 bits per heavy atom. The summed E-state index contributed by atoms with van der Waals surface area (Å²) < 4.78 is 1.93. The van der Waals surface area contributed by atoms with Crippen molar-refractivity contribution in [3.05, 3.63) is 47.0 Å². The molecule has 6 heteroatoms. The Balaban J connectivity index is 1.55. The van der Waals surface area contributed by atoms with Crippen molar-refractivity contribution in [3.8, 4) is 5.69 Å². The molecule has 136 valence electrons. The lowest BCUT2D eigenvalue weighted by Gasteiger charge is -2.22. The maximum absolute atomic E-state index is 12.7. The van der Waals surface area contributed by atoms with Crippen LogP contribution in [0.15, 0.2) is 36.4 Å². The number of hydrogen-bond donors (Lipinski definition) is 1. The van der Waals surface area contributed by atoms with E-state index >= 15 is 0 Å². The predicted octanol–water partition coefficient (Wildman–Crippen LogP) is 3.61. The SMILES string of the molecule is CCN1CCC[C@H]1CNC(=O)c1cc2c(C)nn(-c3ccccc3)c2s1. The Morgan fingerprint density at radius 1 is 1.35 bits per heavy atom. The number of aromatic nitrogens is 2. The molecule has 1 amide bonds. The van der Waals surface area contributed by atoms with Gasteiger partial charge in [0.25, 0.3) is 5.91 Å². The highest BCUT2D eigenvalue weighted by Crippen LogP contribution is 2.30.